The number of hydrogen-bond acceptors (Lipinski definition) is 3. The number of aromatic nitrogens is 3. The van der Waals surface area contributed by atoms with Crippen LogP contribution >= 0.6 is 0 Å². The van der Waals surface area contributed by atoms with Crippen molar-refractivity contribution in [3.8, 4) is 0 Å². The second-order valence-corrected chi connectivity index (χ2v) is 4.13. The second kappa shape index (κ2) is 3.69. The fourth-order valence-electron chi connectivity index (χ4n) is 1.98. The molecule has 0 saturated carbocycles. The van der Waals surface area contributed by atoms with Gasteiger partial charge in [0.2, 0.25) is 0 Å². The summed E-state index contributed by atoms with van der Waals surface area (Å²) in [5.74, 6) is 2.66. The lowest BCUT2D eigenvalue weighted by Gasteiger charge is -2.24. The molecule has 1 aromatic heterocycles. The predicted molar refractivity (Wildman–Crippen MR) is 54.9 cm³/mol. The smallest absolute Gasteiger partial charge is 0.150 e. The summed E-state index contributed by atoms with van der Waals surface area (Å²) in [4.78, 5) is 4.50. The van der Waals surface area contributed by atoms with Crippen LogP contribution in [0.5, 0.6) is 0 Å². The molecule has 2 unspecified atom stereocenters. The van der Waals surface area contributed by atoms with Gasteiger partial charge >= 0.3 is 0 Å². The van der Waals surface area contributed by atoms with Gasteiger partial charge in [-0.05, 0) is 19.3 Å². The van der Waals surface area contributed by atoms with Gasteiger partial charge in [0.25, 0.3) is 0 Å². The van der Waals surface area contributed by atoms with Crippen LogP contribution < -0.4 is 5.73 Å². The zero-order valence-corrected chi connectivity index (χ0v) is 8.90. The Morgan fingerprint density at radius 2 is 2.43 bits per heavy atom. The van der Waals surface area contributed by atoms with E-state index < -0.39 is 0 Å². The van der Waals surface area contributed by atoms with Gasteiger partial charge in [-0.2, -0.15) is 5.10 Å². The molecule has 14 heavy (non-hydrogen) atoms. The van der Waals surface area contributed by atoms with Crippen molar-refractivity contribution in [2.24, 2.45) is 11.7 Å². The number of aryl methyl sites for hydroxylation is 2. The van der Waals surface area contributed by atoms with Gasteiger partial charge in [0, 0.05) is 25.4 Å². The van der Waals surface area contributed by atoms with Crippen molar-refractivity contribution < 1.29 is 0 Å². The van der Waals surface area contributed by atoms with Gasteiger partial charge in [-0.25, -0.2) is 9.67 Å². The van der Waals surface area contributed by atoms with Crippen molar-refractivity contribution in [1.29, 1.82) is 0 Å². The van der Waals surface area contributed by atoms with E-state index in [9.17, 15) is 0 Å². The summed E-state index contributed by atoms with van der Waals surface area (Å²) < 4.78 is 2.04. The third-order valence-corrected chi connectivity index (χ3v) is 3.01. The van der Waals surface area contributed by atoms with E-state index in [-0.39, 0.29) is 6.04 Å². The van der Waals surface area contributed by atoms with E-state index in [1.807, 2.05) is 4.68 Å². The topological polar surface area (TPSA) is 56.7 Å². The highest BCUT2D eigenvalue weighted by atomic mass is 15.3. The molecule has 1 aliphatic rings. The highest BCUT2D eigenvalue weighted by Gasteiger charge is 2.23. The Balaban J connectivity index is 2.17. The lowest BCUT2D eigenvalue weighted by molar-refractivity contribution is 0.323. The summed E-state index contributed by atoms with van der Waals surface area (Å²) in [7, 11) is 0. The first-order chi connectivity index (χ1) is 6.70. The van der Waals surface area contributed by atoms with Crippen LogP contribution in [0.4, 0.5) is 0 Å². The molecule has 2 heterocycles. The van der Waals surface area contributed by atoms with Crippen molar-refractivity contribution in [2.75, 3.05) is 0 Å². The average Bonchev–Trinajstić information content (AvgIpc) is 2.58. The zero-order chi connectivity index (χ0) is 10.1. The monoisotopic (exact) mass is 194 g/mol. The molecule has 0 aliphatic carbocycles. The maximum absolute atomic E-state index is 5.91. The maximum atomic E-state index is 5.91. The maximum Gasteiger partial charge on any atom is 0.150 e. The lowest BCUT2D eigenvalue weighted by Crippen LogP contribution is -2.33. The number of nitrogens with two attached hydrogens (primary N) is 1. The minimum atomic E-state index is 0.269. The molecule has 0 bridgehead atoms. The van der Waals surface area contributed by atoms with Crippen LogP contribution in [0.1, 0.15) is 31.9 Å². The van der Waals surface area contributed by atoms with Gasteiger partial charge < -0.3 is 5.73 Å². The number of fused-ring (bicyclic) bond motifs is 1. The molecule has 0 radical (unpaired) electrons. The molecule has 1 aromatic rings. The fourth-order valence-corrected chi connectivity index (χ4v) is 1.98. The van der Waals surface area contributed by atoms with Crippen LogP contribution in [0.3, 0.4) is 0 Å². The molecule has 0 amide bonds. The zero-order valence-electron chi connectivity index (χ0n) is 8.90. The Labute approximate surface area is 84.5 Å². The highest BCUT2D eigenvalue weighted by molar-refractivity contribution is 4.98. The summed E-state index contributed by atoms with van der Waals surface area (Å²) in [5.41, 5.74) is 5.91. The molecule has 2 rings (SSSR count). The van der Waals surface area contributed by atoms with Gasteiger partial charge in [0.1, 0.15) is 5.82 Å². The van der Waals surface area contributed by atoms with Gasteiger partial charge in [-0.1, -0.05) is 6.92 Å². The summed E-state index contributed by atoms with van der Waals surface area (Å²) in [6.07, 6.45) is 3.05. The van der Waals surface area contributed by atoms with Crippen LogP contribution in [0, 0.1) is 5.92 Å². The van der Waals surface area contributed by atoms with E-state index in [1.54, 1.807) is 0 Å². The predicted octanol–water partition coefficient (Wildman–Crippen LogP) is 0.750. The Kier molecular flexibility index (Phi) is 2.54. The van der Waals surface area contributed by atoms with Crippen LogP contribution in [0.2, 0.25) is 0 Å². The first-order valence-corrected chi connectivity index (χ1v) is 5.39. The van der Waals surface area contributed by atoms with E-state index >= 15 is 0 Å². The van der Waals surface area contributed by atoms with Crippen LogP contribution in [-0.2, 0) is 19.4 Å². The third kappa shape index (κ3) is 1.66. The standard InChI is InChI=1S/C10H18N4/c1-3-9-12-10-6-8(7(2)11)4-5-14(10)13-9/h7-8H,3-6,11H2,1-2H3. The Morgan fingerprint density at radius 1 is 1.64 bits per heavy atom. The van der Waals surface area contributed by atoms with Crippen molar-refractivity contribution >= 4 is 0 Å². The second-order valence-electron chi connectivity index (χ2n) is 4.13. The summed E-state index contributed by atoms with van der Waals surface area (Å²) >= 11 is 0. The first-order valence-electron chi connectivity index (χ1n) is 5.39. The molecule has 2 N–H and O–H groups in total. The molecule has 78 valence electrons. The third-order valence-electron chi connectivity index (χ3n) is 3.01. The first kappa shape index (κ1) is 9.65. The van der Waals surface area contributed by atoms with E-state index in [4.69, 9.17) is 5.73 Å². The molecule has 0 saturated heterocycles. The van der Waals surface area contributed by atoms with E-state index in [2.05, 4.69) is 23.9 Å². The minimum absolute atomic E-state index is 0.269. The summed E-state index contributed by atoms with van der Waals surface area (Å²) in [6, 6.07) is 0.269. The van der Waals surface area contributed by atoms with Gasteiger partial charge in [0.15, 0.2) is 5.82 Å². The molecule has 4 heteroatoms. The minimum Gasteiger partial charge on any atom is -0.328 e. The highest BCUT2D eigenvalue weighted by Crippen LogP contribution is 2.20. The quantitative estimate of drug-likeness (QED) is 0.756. The molecule has 0 spiro atoms. The molecule has 4 nitrogen and oxygen atoms in total. The Hall–Kier alpha value is -0.900. The average molecular weight is 194 g/mol. The van der Waals surface area contributed by atoms with Crippen LogP contribution in [0.25, 0.3) is 0 Å². The Morgan fingerprint density at radius 3 is 3.07 bits per heavy atom. The van der Waals surface area contributed by atoms with Crippen molar-refractivity contribution in [3.05, 3.63) is 11.6 Å². The van der Waals surface area contributed by atoms with E-state index in [0.29, 0.717) is 5.92 Å². The molecular formula is C10H18N4. The number of rotatable bonds is 2. The van der Waals surface area contributed by atoms with Crippen molar-refractivity contribution in [1.82, 2.24) is 14.8 Å². The lowest BCUT2D eigenvalue weighted by atomic mass is 9.92. The molecule has 2 atom stereocenters. The van der Waals surface area contributed by atoms with Crippen molar-refractivity contribution in [3.63, 3.8) is 0 Å². The van der Waals surface area contributed by atoms with Gasteiger partial charge in [-0.3, -0.25) is 0 Å². The van der Waals surface area contributed by atoms with E-state index in [0.717, 1.165) is 37.5 Å². The summed E-state index contributed by atoms with van der Waals surface area (Å²) in [6.45, 7) is 5.15. The Bertz CT molecular complexity index is 316. The van der Waals surface area contributed by atoms with Crippen molar-refractivity contribution in [2.45, 2.75) is 45.7 Å². The van der Waals surface area contributed by atoms with Crippen LogP contribution in [-0.4, -0.2) is 20.8 Å². The normalized spacial score (nSPS) is 23.2. The number of nitrogens with zero attached hydrogens (tertiary/aromatic N) is 3. The van der Waals surface area contributed by atoms with E-state index in [1.165, 1.54) is 0 Å². The SMILES string of the molecule is CCc1nc2n(n1)CCC(C(C)N)C2. The molecule has 0 fully saturated rings. The largest absolute Gasteiger partial charge is 0.328 e. The van der Waals surface area contributed by atoms with Crippen LogP contribution in [0.15, 0.2) is 0 Å². The molecule has 0 aromatic carbocycles. The number of hydrogen-bond donors (Lipinski definition) is 1. The molecular weight excluding hydrogens is 176 g/mol. The van der Waals surface area contributed by atoms with Gasteiger partial charge in [-0.15, -0.1) is 0 Å². The fraction of sp³-hybridized carbons (Fsp3) is 0.800. The molecule has 1 aliphatic heterocycles. The van der Waals surface area contributed by atoms with Gasteiger partial charge in [0.05, 0.1) is 0 Å². The summed E-state index contributed by atoms with van der Waals surface area (Å²) in [5, 5.41) is 4.43.